The topological polar surface area (TPSA) is 32.3 Å². The molecular weight excluding hydrogens is 260 g/mol. The molecule has 1 aromatic rings. The Labute approximate surface area is 119 Å². The van der Waals surface area contributed by atoms with Gasteiger partial charge in [0.25, 0.3) is 0 Å². The fourth-order valence-corrected chi connectivity index (χ4v) is 2.93. The lowest BCUT2D eigenvalue weighted by atomic mass is 9.98. The van der Waals surface area contributed by atoms with Gasteiger partial charge in [-0.2, -0.15) is 0 Å². The van der Waals surface area contributed by atoms with Crippen LogP contribution in [-0.2, 0) is 4.79 Å². The zero-order valence-corrected chi connectivity index (χ0v) is 12.4. The molecule has 19 heavy (non-hydrogen) atoms. The minimum absolute atomic E-state index is 0.0304. The molecule has 1 fully saturated rings. The Hall–Kier alpha value is -1.06. The summed E-state index contributed by atoms with van der Waals surface area (Å²) in [4.78, 5) is 14.2. The maximum absolute atomic E-state index is 12.2. The predicted molar refractivity (Wildman–Crippen MR) is 78.0 cm³/mol. The third kappa shape index (κ3) is 2.93. The standard InChI is InChI=1S/C15H21ClN2O/c1-4-13(10(2)3)18-14(19)9-17-15(18)11-5-7-12(16)8-6-11/h5-8,10,13,15,17H,4,9H2,1-3H3. The van der Waals surface area contributed by atoms with Crippen molar-refractivity contribution in [2.45, 2.75) is 39.4 Å². The maximum atomic E-state index is 12.2. The number of nitrogens with zero attached hydrogens (tertiary/aromatic N) is 1. The van der Waals surface area contributed by atoms with Crippen LogP contribution in [0.2, 0.25) is 5.02 Å². The molecule has 1 aromatic carbocycles. The van der Waals surface area contributed by atoms with Crippen LogP contribution in [0.4, 0.5) is 0 Å². The van der Waals surface area contributed by atoms with E-state index in [0.29, 0.717) is 12.5 Å². The monoisotopic (exact) mass is 280 g/mol. The number of carbonyl (C=O) groups is 1. The van der Waals surface area contributed by atoms with Crippen LogP contribution in [0.25, 0.3) is 0 Å². The van der Waals surface area contributed by atoms with E-state index < -0.39 is 0 Å². The quantitative estimate of drug-likeness (QED) is 0.919. The van der Waals surface area contributed by atoms with E-state index in [0.717, 1.165) is 17.0 Å². The maximum Gasteiger partial charge on any atom is 0.238 e. The highest BCUT2D eigenvalue weighted by molar-refractivity contribution is 6.30. The molecule has 104 valence electrons. The number of carbonyl (C=O) groups excluding carboxylic acids is 1. The molecule has 1 heterocycles. The van der Waals surface area contributed by atoms with Crippen LogP contribution >= 0.6 is 11.6 Å². The van der Waals surface area contributed by atoms with Gasteiger partial charge in [-0.1, -0.05) is 44.5 Å². The summed E-state index contributed by atoms with van der Waals surface area (Å²) in [5.41, 5.74) is 1.09. The summed E-state index contributed by atoms with van der Waals surface area (Å²) in [6.45, 7) is 6.88. The summed E-state index contributed by atoms with van der Waals surface area (Å²) in [5.74, 6) is 0.629. The average molecular weight is 281 g/mol. The number of halogens is 1. The number of amides is 1. The predicted octanol–water partition coefficient (Wildman–Crippen LogP) is 3.21. The first-order valence-corrected chi connectivity index (χ1v) is 7.22. The number of rotatable bonds is 4. The Morgan fingerprint density at radius 2 is 2.00 bits per heavy atom. The number of benzene rings is 1. The summed E-state index contributed by atoms with van der Waals surface area (Å²) in [6.07, 6.45) is 0.937. The molecule has 2 atom stereocenters. The normalized spacial score (nSPS) is 21.2. The van der Waals surface area contributed by atoms with Crippen molar-refractivity contribution in [3.63, 3.8) is 0 Å². The Kier molecular flexibility index (Phi) is 4.48. The lowest BCUT2D eigenvalue weighted by molar-refractivity contribution is -0.131. The van der Waals surface area contributed by atoms with Gasteiger partial charge in [-0.3, -0.25) is 10.1 Å². The van der Waals surface area contributed by atoms with Crippen molar-refractivity contribution in [2.24, 2.45) is 5.92 Å². The van der Waals surface area contributed by atoms with Gasteiger partial charge in [0, 0.05) is 11.1 Å². The zero-order valence-electron chi connectivity index (χ0n) is 11.7. The molecular formula is C15H21ClN2O. The Balaban J connectivity index is 2.28. The lowest BCUT2D eigenvalue weighted by Gasteiger charge is -2.35. The smallest absolute Gasteiger partial charge is 0.238 e. The zero-order chi connectivity index (χ0) is 14.0. The summed E-state index contributed by atoms with van der Waals surface area (Å²) in [7, 11) is 0. The van der Waals surface area contributed by atoms with Gasteiger partial charge in [0.05, 0.1) is 6.54 Å². The molecule has 2 rings (SSSR count). The molecule has 3 nitrogen and oxygen atoms in total. The average Bonchev–Trinajstić information content (AvgIpc) is 2.74. The van der Waals surface area contributed by atoms with E-state index in [-0.39, 0.29) is 18.1 Å². The number of hydrogen-bond acceptors (Lipinski definition) is 2. The number of hydrogen-bond donors (Lipinski definition) is 1. The summed E-state index contributed by atoms with van der Waals surface area (Å²) >= 11 is 5.92. The van der Waals surface area contributed by atoms with Crippen molar-refractivity contribution >= 4 is 17.5 Å². The molecule has 2 unspecified atom stereocenters. The van der Waals surface area contributed by atoms with Crippen LogP contribution in [0.5, 0.6) is 0 Å². The first-order chi connectivity index (χ1) is 9.04. The van der Waals surface area contributed by atoms with E-state index >= 15 is 0 Å². The molecule has 1 saturated heterocycles. The fraction of sp³-hybridized carbons (Fsp3) is 0.533. The molecule has 1 N–H and O–H groups in total. The van der Waals surface area contributed by atoms with Crippen LogP contribution < -0.4 is 5.32 Å². The van der Waals surface area contributed by atoms with Crippen molar-refractivity contribution in [1.29, 1.82) is 0 Å². The minimum Gasteiger partial charge on any atom is -0.319 e. The largest absolute Gasteiger partial charge is 0.319 e. The van der Waals surface area contributed by atoms with E-state index in [1.54, 1.807) is 0 Å². The van der Waals surface area contributed by atoms with Gasteiger partial charge in [-0.05, 0) is 30.0 Å². The van der Waals surface area contributed by atoms with Crippen molar-refractivity contribution in [3.8, 4) is 0 Å². The van der Waals surface area contributed by atoms with Crippen LogP contribution in [0.3, 0.4) is 0 Å². The molecule has 0 spiro atoms. The van der Waals surface area contributed by atoms with Gasteiger partial charge in [-0.15, -0.1) is 0 Å². The van der Waals surface area contributed by atoms with Crippen molar-refractivity contribution in [2.75, 3.05) is 6.54 Å². The Bertz CT molecular complexity index is 444. The highest BCUT2D eigenvalue weighted by Crippen LogP contribution is 2.29. The van der Waals surface area contributed by atoms with E-state index in [2.05, 4.69) is 26.1 Å². The molecule has 0 aromatic heterocycles. The molecule has 0 saturated carbocycles. The first kappa shape index (κ1) is 14.4. The van der Waals surface area contributed by atoms with E-state index in [4.69, 9.17) is 11.6 Å². The van der Waals surface area contributed by atoms with Gasteiger partial charge < -0.3 is 4.90 Å². The molecule has 1 aliphatic heterocycles. The van der Waals surface area contributed by atoms with Gasteiger partial charge in [-0.25, -0.2) is 0 Å². The molecule has 0 bridgehead atoms. The van der Waals surface area contributed by atoms with Crippen molar-refractivity contribution in [3.05, 3.63) is 34.9 Å². The second kappa shape index (κ2) is 5.93. The fourth-order valence-electron chi connectivity index (χ4n) is 2.81. The van der Waals surface area contributed by atoms with Crippen molar-refractivity contribution < 1.29 is 4.79 Å². The second-order valence-electron chi connectivity index (χ2n) is 5.36. The summed E-state index contributed by atoms with van der Waals surface area (Å²) < 4.78 is 0. The molecule has 0 aliphatic carbocycles. The van der Waals surface area contributed by atoms with Gasteiger partial charge in [0.15, 0.2) is 0 Å². The van der Waals surface area contributed by atoms with Crippen LogP contribution in [0, 0.1) is 5.92 Å². The van der Waals surface area contributed by atoms with Crippen LogP contribution in [0.15, 0.2) is 24.3 Å². The van der Waals surface area contributed by atoms with E-state index in [1.165, 1.54) is 0 Å². The highest BCUT2D eigenvalue weighted by Gasteiger charge is 2.37. The van der Waals surface area contributed by atoms with Crippen LogP contribution in [0.1, 0.15) is 38.9 Å². The van der Waals surface area contributed by atoms with Crippen LogP contribution in [-0.4, -0.2) is 23.4 Å². The molecule has 1 amide bonds. The highest BCUT2D eigenvalue weighted by atomic mass is 35.5. The van der Waals surface area contributed by atoms with Gasteiger partial charge in [0.1, 0.15) is 6.17 Å². The minimum atomic E-state index is -0.0304. The van der Waals surface area contributed by atoms with Gasteiger partial charge >= 0.3 is 0 Å². The number of nitrogens with one attached hydrogen (secondary N) is 1. The summed E-state index contributed by atoms with van der Waals surface area (Å²) in [5, 5.41) is 4.01. The Morgan fingerprint density at radius 1 is 1.37 bits per heavy atom. The van der Waals surface area contributed by atoms with E-state index in [9.17, 15) is 4.79 Å². The summed E-state index contributed by atoms with van der Waals surface area (Å²) in [6, 6.07) is 7.98. The van der Waals surface area contributed by atoms with E-state index in [1.807, 2.05) is 29.2 Å². The third-order valence-electron chi connectivity index (χ3n) is 3.74. The lowest BCUT2D eigenvalue weighted by Crippen LogP contribution is -2.42. The Morgan fingerprint density at radius 3 is 2.53 bits per heavy atom. The molecule has 0 radical (unpaired) electrons. The molecule has 4 heteroatoms. The third-order valence-corrected chi connectivity index (χ3v) is 4.00. The SMILES string of the molecule is CCC(C(C)C)N1C(=O)CNC1c1ccc(Cl)cc1. The molecule has 1 aliphatic rings. The van der Waals surface area contributed by atoms with Gasteiger partial charge in [0.2, 0.25) is 5.91 Å². The first-order valence-electron chi connectivity index (χ1n) is 6.84. The van der Waals surface area contributed by atoms with Crippen molar-refractivity contribution in [1.82, 2.24) is 10.2 Å². The second-order valence-corrected chi connectivity index (χ2v) is 5.79.